The fourth-order valence-electron chi connectivity index (χ4n) is 1.82. The van der Waals surface area contributed by atoms with Gasteiger partial charge >= 0.3 is 0 Å². The van der Waals surface area contributed by atoms with E-state index in [9.17, 15) is 9.90 Å². The first-order valence-electron chi connectivity index (χ1n) is 6.11. The molecule has 0 bridgehead atoms. The van der Waals surface area contributed by atoms with Gasteiger partial charge in [0.15, 0.2) is 0 Å². The van der Waals surface area contributed by atoms with Crippen LogP contribution < -0.4 is 10.1 Å². The standard InChI is InChI=1S/C15H13Cl2NO3/c1-21-14-4-2-3-11(16)10(14)8-18-15(20)9-5-6-13(19)12(17)7-9/h2-7,19H,8H2,1H3,(H,18,20). The number of aromatic hydroxyl groups is 1. The molecule has 2 aromatic rings. The number of carbonyl (C=O) groups is 1. The van der Waals surface area contributed by atoms with Gasteiger partial charge in [-0.25, -0.2) is 0 Å². The number of rotatable bonds is 4. The summed E-state index contributed by atoms with van der Waals surface area (Å²) in [5.41, 5.74) is 1.05. The van der Waals surface area contributed by atoms with E-state index in [-0.39, 0.29) is 23.2 Å². The average Bonchev–Trinajstić information content (AvgIpc) is 2.48. The van der Waals surface area contributed by atoms with Crippen molar-refractivity contribution >= 4 is 29.1 Å². The molecule has 0 atom stereocenters. The van der Waals surface area contributed by atoms with Crippen LogP contribution in [-0.4, -0.2) is 18.1 Å². The zero-order valence-corrected chi connectivity index (χ0v) is 12.7. The molecule has 110 valence electrons. The Bertz CT molecular complexity index is 674. The molecule has 0 heterocycles. The van der Waals surface area contributed by atoms with Gasteiger partial charge in [0, 0.05) is 22.7 Å². The van der Waals surface area contributed by atoms with Crippen LogP contribution in [0.25, 0.3) is 0 Å². The Morgan fingerprint density at radius 2 is 2.00 bits per heavy atom. The third kappa shape index (κ3) is 3.60. The molecule has 2 aromatic carbocycles. The molecule has 0 unspecified atom stereocenters. The number of phenolic OH excluding ortho intramolecular Hbond substituents is 1. The van der Waals surface area contributed by atoms with Crippen molar-refractivity contribution < 1.29 is 14.6 Å². The maximum absolute atomic E-state index is 12.1. The number of hydrogen-bond acceptors (Lipinski definition) is 3. The third-order valence-corrected chi connectivity index (χ3v) is 3.59. The van der Waals surface area contributed by atoms with Crippen molar-refractivity contribution in [2.75, 3.05) is 7.11 Å². The van der Waals surface area contributed by atoms with E-state index in [0.29, 0.717) is 21.9 Å². The zero-order valence-electron chi connectivity index (χ0n) is 11.2. The lowest BCUT2D eigenvalue weighted by molar-refractivity contribution is 0.0950. The van der Waals surface area contributed by atoms with Crippen LogP contribution in [0.3, 0.4) is 0 Å². The van der Waals surface area contributed by atoms with Crippen LogP contribution in [-0.2, 0) is 6.54 Å². The maximum atomic E-state index is 12.1. The van der Waals surface area contributed by atoms with Crippen molar-refractivity contribution in [2.45, 2.75) is 6.54 Å². The molecule has 6 heteroatoms. The Morgan fingerprint density at radius 1 is 1.24 bits per heavy atom. The maximum Gasteiger partial charge on any atom is 0.251 e. The van der Waals surface area contributed by atoms with E-state index in [4.69, 9.17) is 27.9 Å². The number of phenols is 1. The molecule has 0 fully saturated rings. The number of nitrogens with one attached hydrogen (secondary N) is 1. The van der Waals surface area contributed by atoms with E-state index in [0.717, 1.165) is 0 Å². The number of benzene rings is 2. The van der Waals surface area contributed by atoms with Crippen molar-refractivity contribution in [1.82, 2.24) is 5.32 Å². The quantitative estimate of drug-likeness (QED) is 0.902. The highest BCUT2D eigenvalue weighted by atomic mass is 35.5. The average molecular weight is 326 g/mol. The molecule has 0 saturated heterocycles. The predicted octanol–water partition coefficient (Wildman–Crippen LogP) is 3.64. The number of ether oxygens (including phenoxy) is 1. The molecule has 0 aliphatic rings. The van der Waals surface area contributed by atoms with Crippen LogP contribution in [0.5, 0.6) is 11.5 Å². The van der Waals surface area contributed by atoms with Crippen molar-refractivity contribution in [3.05, 3.63) is 57.6 Å². The van der Waals surface area contributed by atoms with E-state index in [1.807, 2.05) is 0 Å². The first-order chi connectivity index (χ1) is 10.0. The summed E-state index contributed by atoms with van der Waals surface area (Å²) in [6.45, 7) is 0.222. The van der Waals surface area contributed by atoms with Crippen LogP contribution in [0.1, 0.15) is 15.9 Å². The van der Waals surface area contributed by atoms with Crippen molar-refractivity contribution in [1.29, 1.82) is 0 Å². The summed E-state index contributed by atoms with van der Waals surface area (Å²) in [5, 5.41) is 12.7. The smallest absolute Gasteiger partial charge is 0.251 e. The van der Waals surface area contributed by atoms with Gasteiger partial charge in [-0.15, -0.1) is 0 Å². The first-order valence-corrected chi connectivity index (χ1v) is 6.86. The molecule has 4 nitrogen and oxygen atoms in total. The lowest BCUT2D eigenvalue weighted by atomic mass is 10.1. The van der Waals surface area contributed by atoms with Crippen LogP contribution in [0.4, 0.5) is 0 Å². The van der Waals surface area contributed by atoms with E-state index in [1.165, 1.54) is 25.3 Å². The summed E-state index contributed by atoms with van der Waals surface area (Å²) in [4.78, 5) is 12.1. The van der Waals surface area contributed by atoms with E-state index in [1.54, 1.807) is 18.2 Å². The number of methoxy groups -OCH3 is 1. The van der Waals surface area contributed by atoms with Gasteiger partial charge in [-0.2, -0.15) is 0 Å². The minimum atomic E-state index is -0.320. The molecule has 1 amide bonds. The molecule has 0 aliphatic carbocycles. The fraction of sp³-hybridized carbons (Fsp3) is 0.133. The molecule has 0 radical (unpaired) electrons. The minimum absolute atomic E-state index is 0.0685. The van der Waals surface area contributed by atoms with Crippen LogP contribution in [0.2, 0.25) is 10.0 Å². The van der Waals surface area contributed by atoms with E-state index >= 15 is 0 Å². The summed E-state index contributed by atoms with van der Waals surface area (Å²) in [6.07, 6.45) is 0. The summed E-state index contributed by atoms with van der Waals surface area (Å²) >= 11 is 11.9. The van der Waals surface area contributed by atoms with Gasteiger partial charge in [0.2, 0.25) is 0 Å². The Morgan fingerprint density at radius 3 is 2.67 bits per heavy atom. The van der Waals surface area contributed by atoms with Gasteiger partial charge in [-0.3, -0.25) is 4.79 Å². The highest BCUT2D eigenvalue weighted by Gasteiger charge is 2.11. The molecule has 0 spiro atoms. The number of hydrogen-bond donors (Lipinski definition) is 2. The molecular weight excluding hydrogens is 313 g/mol. The van der Waals surface area contributed by atoms with E-state index < -0.39 is 0 Å². The molecule has 0 saturated carbocycles. The van der Waals surface area contributed by atoms with Gasteiger partial charge < -0.3 is 15.2 Å². The van der Waals surface area contributed by atoms with Gasteiger partial charge in [-0.05, 0) is 30.3 Å². The summed E-state index contributed by atoms with van der Waals surface area (Å²) in [6, 6.07) is 9.52. The zero-order chi connectivity index (χ0) is 15.4. The Hall–Kier alpha value is -1.91. The molecular formula is C15H13Cl2NO3. The molecule has 0 aliphatic heterocycles. The SMILES string of the molecule is COc1cccc(Cl)c1CNC(=O)c1ccc(O)c(Cl)c1. The Labute approximate surface area is 132 Å². The lowest BCUT2D eigenvalue weighted by Gasteiger charge is -2.11. The van der Waals surface area contributed by atoms with Crippen molar-refractivity contribution in [2.24, 2.45) is 0 Å². The number of halogens is 2. The monoisotopic (exact) mass is 325 g/mol. The summed E-state index contributed by atoms with van der Waals surface area (Å²) in [5.74, 6) is 0.214. The van der Waals surface area contributed by atoms with Crippen LogP contribution >= 0.6 is 23.2 Å². The number of amides is 1. The Kier molecular flexibility index (Phi) is 4.94. The Balaban J connectivity index is 2.13. The molecule has 2 N–H and O–H groups in total. The second-order valence-electron chi connectivity index (χ2n) is 4.27. The first kappa shape index (κ1) is 15.5. The second-order valence-corrected chi connectivity index (χ2v) is 5.08. The van der Waals surface area contributed by atoms with Gasteiger partial charge in [-0.1, -0.05) is 29.3 Å². The molecule has 0 aromatic heterocycles. The van der Waals surface area contributed by atoms with Gasteiger partial charge in [0.05, 0.1) is 12.1 Å². The minimum Gasteiger partial charge on any atom is -0.506 e. The lowest BCUT2D eigenvalue weighted by Crippen LogP contribution is -2.23. The summed E-state index contributed by atoms with van der Waals surface area (Å²) < 4.78 is 5.21. The second kappa shape index (κ2) is 6.70. The summed E-state index contributed by atoms with van der Waals surface area (Å²) in [7, 11) is 1.54. The highest BCUT2D eigenvalue weighted by Crippen LogP contribution is 2.26. The number of carbonyl (C=O) groups excluding carboxylic acids is 1. The topological polar surface area (TPSA) is 58.6 Å². The normalized spacial score (nSPS) is 10.2. The van der Waals surface area contributed by atoms with Crippen LogP contribution in [0, 0.1) is 0 Å². The molecule has 21 heavy (non-hydrogen) atoms. The van der Waals surface area contributed by atoms with Gasteiger partial charge in [0.25, 0.3) is 5.91 Å². The largest absolute Gasteiger partial charge is 0.506 e. The van der Waals surface area contributed by atoms with Crippen LogP contribution in [0.15, 0.2) is 36.4 Å². The molecule has 2 rings (SSSR count). The third-order valence-electron chi connectivity index (χ3n) is 2.93. The van der Waals surface area contributed by atoms with Gasteiger partial charge in [0.1, 0.15) is 11.5 Å². The van der Waals surface area contributed by atoms with E-state index in [2.05, 4.69) is 5.32 Å². The van der Waals surface area contributed by atoms with Crippen molar-refractivity contribution in [3.8, 4) is 11.5 Å². The fourth-order valence-corrected chi connectivity index (χ4v) is 2.23. The highest BCUT2D eigenvalue weighted by molar-refractivity contribution is 6.32. The predicted molar refractivity (Wildman–Crippen MR) is 82.3 cm³/mol. The van der Waals surface area contributed by atoms with Crippen molar-refractivity contribution in [3.63, 3.8) is 0 Å².